The van der Waals surface area contributed by atoms with Crippen molar-refractivity contribution >= 4 is 34.8 Å². The standard InChI is InChI=1S/C14H10FN3.ClH/c15-11-6-2-4-8-13(11)18-14-10-5-1-3-7-12(10)16-9-17-14;/h1-9H,(H,16,17,18);1H. The lowest BCUT2D eigenvalue weighted by atomic mass is 10.2. The summed E-state index contributed by atoms with van der Waals surface area (Å²) in [6, 6.07) is 14.1. The topological polar surface area (TPSA) is 37.8 Å². The van der Waals surface area contributed by atoms with Crippen molar-refractivity contribution in [2.45, 2.75) is 0 Å². The number of para-hydroxylation sites is 2. The van der Waals surface area contributed by atoms with E-state index in [1.165, 1.54) is 12.4 Å². The van der Waals surface area contributed by atoms with Gasteiger partial charge >= 0.3 is 0 Å². The van der Waals surface area contributed by atoms with Crippen LogP contribution in [0.3, 0.4) is 0 Å². The highest BCUT2D eigenvalue weighted by molar-refractivity contribution is 5.90. The molecule has 1 aromatic heterocycles. The third-order valence-electron chi connectivity index (χ3n) is 2.67. The van der Waals surface area contributed by atoms with Gasteiger partial charge in [0.05, 0.1) is 11.2 Å². The van der Waals surface area contributed by atoms with E-state index in [0.717, 1.165) is 10.9 Å². The Bertz CT molecular complexity index is 698. The second-order valence-corrected chi connectivity index (χ2v) is 3.84. The first-order valence-corrected chi connectivity index (χ1v) is 5.56. The van der Waals surface area contributed by atoms with E-state index in [1.807, 2.05) is 24.3 Å². The highest BCUT2D eigenvalue weighted by atomic mass is 35.5. The second-order valence-electron chi connectivity index (χ2n) is 3.84. The van der Waals surface area contributed by atoms with Crippen LogP contribution in [0, 0.1) is 5.82 Å². The molecular formula is C14H11ClFN3. The predicted molar refractivity (Wildman–Crippen MR) is 76.5 cm³/mol. The molecule has 0 saturated heterocycles. The van der Waals surface area contributed by atoms with E-state index in [0.29, 0.717) is 11.5 Å². The molecule has 19 heavy (non-hydrogen) atoms. The zero-order chi connectivity index (χ0) is 12.4. The first-order valence-electron chi connectivity index (χ1n) is 5.56. The van der Waals surface area contributed by atoms with Gasteiger partial charge in [-0.15, -0.1) is 12.4 Å². The van der Waals surface area contributed by atoms with Crippen molar-refractivity contribution in [1.82, 2.24) is 9.97 Å². The predicted octanol–water partition coefficient (Wildman–Crippen LogP) is 3.93. The van der Waals surface area contributed by atoms with Crippen LogP contribution in [0.5, 0.6) is 0 Å². The smallest absolute Gasteiger partial charge is 0.146 e. The molecule has 0 saturated carbocycles. The molecule has 96 valence electrons. The number of hydrogen-bond donors (Lipinski definition) is 1. The van der Waals surface area contributed by atoms with Crippen LogP contribution in [0.2, 0.25) is 0 Å². The number of aromatic nitrogens is 2. The van der Waals surface area contributed by atoms with Crippen LogP contribution < -0.4 is 5.32 Å². The van der Waals surface area contributed by atoms with E-state index in [1.54, 1.807) is 18.2 Å². The van der Waals surface area contributed by atoms with E-state index in [2.05, 4.69) is 15.3 Å². The molecule has 3 aromatic rings. The molecule has 0 aliphatic heterocycles. The van der Waals surface area contributed by atoms with Crippen LogP contribution in [0.1, 0.15) is 0 Å². The highest BCUT2D eigenvalue weighted by Gasteiger charge is 2.05. The molecule has 2 aromatic carbocycles. The summed E-state index contributed by atoms with van der Waals surface area (Å²) >= 11 is 0. The minimum Gasteiger partial charge on any atom is -0.337 e. The van der Waals surface area contributed by atoms with Gasteiger partial charge in [0.2, 0.25) is 0 Å². The van der Waals surface area contributed by atoms with Crippen molar-refractivity contribution in [3.63, 3.8) is 0 Å². The van der Waals surface area contributed by atoms with Gasteiger partial charge < -0.3 is 5.32 Å². The Morgan fingerprint density at radius 2 is 1.63 bits per heavy atom. The summed E-state index contributed by atoms with van der Waals surface area (Å²) in [6.45, 7) is 0. The molecule has 0 atom stereocenters. The molecule has 0 aliphatic rings. The molecule has 0 bridgehead atoms. The van der Waals surface area contributed by atoms with E-state index in [9.17, 15) is 4.39 Å². The Kier molecular flexibility index (Phi) is 3.92. The van der Waals surface area contributed by atoms with E-state index >= 15 is 0 Å². The molecule has 0 amide bonds. The van der Waals surface area contributed by atoms with Gasteiger partial charge in [0, 0.05) is 5.39 Å². The first-order chi connectivity index (χ1) is 8.84. The maximum absolute atomic E-state index is 13.6. The van der Waals surface area contributed by atoms with Crippen molar-refractivity contribution in [2.24, 2.45) is 0 Å². The molecule has 3 nitrogen and oxygen atoms in total. The number of anilines is 2. The molecular weight excluding hydrogens is 265 g/mol. The van der Waals surface area contributed by atoms with Crippen molar-refractivity contribution in [1.29, 1.82) is 0 Å². The number of fused-ring (bicyclic) bond motifs is 1. The van der Waals surface area contributed by atoms with Crippen molar-refractivity contribution in [2.75, 3.05) is 5.32 Å². The number of hydrogen-bond acceptors (Lipinski definition) is 3. The number of nitrogens with one attached hydrogen (secondary N) is 1. The average Bonchev–Trinajstić information content (AvgIpc) is 2.42. The minimum absolute atomic E-state index is 0. The van der Waals surface area contributed by atoms with Gasteiger partial charge in [0.1, 0.15) is 18.0 Å². The Labute approximate surface area is 115 Å². The summed E-state index contributed by atoms with van der Waals surface area (Å²) in [4.78, 5) is 8.32. The molecule has 1 heterocycles. The van der Waals surface area contributed by atoms with Crippen molar-refractivity contribution in [3.05, 3.63) is 60.7 Å². The Balaban J connectivity index is 0.00000133. The van der Waals surface area contributed by atoms with Gasteiger partial charge in [-0.1, -0.05) is 24.3 Å². The number of benzene rings is 2. The van der Waals surface area contributed by atoms with E-state index in [-0.39, 0.29) is 18.2 Å². The number of rotatable bonds is 2. The molecule has 1 N–H and O–H groups in total. The summed E-state index contributed by atoms with van der Waals surface area (Å²) in [7, 11) is 0. The van der Waals surface area contributed by atoms with Gasteiger partial charge in [-0.25, -0.2) is 14.4 Å². The van der Waals surface area contributed by atoms with Crippen molar-refractivity contribution < 1.29 is 4.39 Å². The average molecular weight is 276 g/mol. The highest BCUT2D eigenvalue weighted by Crippen LogP contribution is 2.23. The normalized spacial score (nSPS) is 9.95. The summed E-state index contributed by atoms with van der Waals surface area (Å²) < 4.78 is 13.6. The Hall–Kier alpha value is -2.20. The third-order valence-corrected chi connectivity index (χ3v) is 2.67. The fourth-order valence-corrected chi connectivity index (χ4v) is 1.79. The Morgan fingerprint density at radius 1 is 0.895 bits per heavy atom. The van der Waals surface area contributed by atoms with Crippen LogP contribution in [0.25, 0.3) is 10.9 Å². The van der Waals surface area contributed by atoms with Crippen LogP contribution in [0.15, 0.2) is 54.9 Å². The van der Waals surface area contributed by atoms with Gasteiger partial charge in [0.25, 0.3) is 0 Å². The summed E-state index contributed by atoms with van der Waals surface area (Å²) in [5, 5.41) is 3.85. The van der Waals surface area contributed by atoms with Crippen LogP contribution in [0.4, 0.5) is 15.9 Å². The lowest BCUT2D eigenvalue weighted by Gasteiger charge is -2.08. The van der Waals surface area contributed by atoms with Crippen LogP contribution in [-0.4, -0.2) is 9.97 Å². The SMILES string of the molecule is Cl.Fc1ccccc1Nc1ncnc2ccccc12. The van der Waals surface area contributed by atoms with Gasteiger partial charge in [-0.2, -0.15) is 0 Å². The molecule has 0 radical (unpaired) electrons. The zero-order valence-corrected chi connectivity index (χ0v) is 10.7. The maximum Gasteiger partial charge on any atom is 0.146 e. The number of nitrogens with zero attached hydrogens (tertiary/aromatic N) is 2. The zero-order valence-electron chi connectivity index (χ0n) is 9.88. The molecule has 3 rings (SSSR count). The second kappa shape index (κ2) is 5.63. The quantitative estimate of drug-likeness (QED) is 0.770. The lowest BCUT2D eigenvalue weighted by molar-refractivity contribution is 0.632. The monoisotopic (exact) mass is 275 g/mol. The molecule has 0 aliphatic carbocycles. The number of halogens is 2. The van der Waals surface area contributed by atoms with Crippen LogP contribution >= 0.6 is 12.4 Å². The van der Waals surface area contributed by atoms with Crippen molar-refractivity contribution in [3.8, 4) is 0 Å². The van der Waals surface area contributed by atoms with E-state index < -0.39 is 0 Å². The van der Waals surface area contributed by atoms with E-state index in [4.69, 9.17) is 0 Å². The third kappa shape index (κ3) is 2.63. The fraction of sp³-hybridized carbons (Fsp3) is 0. The summed E-state index contributed by atoms with van der Waals surface area (Å²) in [5.74, 6) is 0.297. The Morgan fingerprint density at radius 3 is 2.47 bits per heavy atom. The first kappa shape index (κ1) is 13.2. The van der Waals surface area contributed by atoms with Crippen LogP contribution in [-0.2, 0) is 0 Å². The van der Waals surface area contributed by atoms with Gasteiger partial charge in [-0.05, 0) is 24.3 Å². The lowest BCUT2D eigenvalue weighted by Crippen LogP contribution is -1.97. The maximum atomic E-state index is 13.6. The fourth-order valence-electron chi connectivity index (χ4n) is 1.79. The molecule has 0 spiro atoms. The molecule has 0 fully saturated rings. The summed E-state index contributed by atoms with van der Waals surface area (Å²) in [6.07, 6.45) is 1.46. The largest absolute Gasteiger partial charge is 0.337 e. The molecule has 5 heteroatoms. The van der Waals surface area contributed by atoms with Gasteiger partial charge in [-0.3, -0.25) is 0 Å². The minimum atomic E-state index is -0.305. The summed E-state index contributed by atoms with van der Waals surface area (Å²) in [5.41, 5.74) is 1.23. The molecule has 0 unspecified atom stereocenters. The van der Waals surface area contributed by atoms with Gasteiger partial charge in [0.15, 0.2) is 0 Å².